The zero-order valence-corrected chi connectivity index (χ0v) is 18.3. The Hall–Kier alpha value is -3.20. The number of halogens is 3. The third kappa shape index (κ3) is 4.38. The van der Waals surface area contributed by atoms with Crippen LogP contribution in [0.15, 0.2) is 33.9 Å². The molecule has 0 saturated heterocycles. The van der Waals surface area contributed by atoms with E-state index in [9.17, 15) is 36.0 Å². The van der Waals surface area contributed by atoms with Gasteiger partial charge >= 0.3 is 18.0 Å². The number of benzene rings is 1. The summed E-state index contributed by atoms with van der Waals surface area (Å²) in [5.41, 5.74) is -3.96. The molecular weight excluding hydrogens is 477 g/mol. The molecule has 1 amide bonds. The van der Waals surface area contributed by atoms with E-state index < -0.39 is 44.5 Å². The lowest BCUT2D eigenvalue weighted by atomic mass is 10.2. The number of sulfonamides is 1. The van der Waals surface area contributed by atoms with E-state index in [1.807, 2.05) is 0 Å². The number of fused-ring (bicyclic) bond motifs is 1. The van der Waals surface area contributed by atoms with E-state index in [2.05, 4.69) is 4.37 Å². The van der Waals surface area contributed by atoms with Crippen molar-refractivity contribution in [2.45, 2.75) is 25.3 Å². The Morgan fingerprint density at radius 3 is 2.47 bits per heavy atom. The highest BCUT2D eigenvalue weighted by molar-refractivity contribution is 7.90. The molecule has 0 aliphatic rings. The molecule has 0 saturated carbocycles. The molecule has 1 aromatic carbocycles. The van der Waals surface area contributed by atoms with Crippen LogP contribution in [0, 0.1) is 0 Å². The van der Waals surface area contributed by atoms with E-state index in [-0.39, 0.29) is 17.0 Å². The quantitative estimate of drug-likeness (QED) is 0.590. The summed E-state index contributed by atoms with van der Waals surface area (Å²) in [6, 6.07) is 4.23. The molecule has 0 atom stereocenters. The summed E-state index contributed by atoms with van der Waals surface area (Å²) < 4.78 is 74.5. The average Bonchev–Trinajstić information content (AvgIpc) is 3.05. The highest BCUT2D eigenvalue weighted by Gasteiger charge is 2.35. The maximum Gasteiger partial charge on any atom is 0.431 e. The standard InChI is InChI=1S/C17H15F3N4O6S2/c1-8(2)32(28,29)22-15(26)30-14-10-6-9(4-5-11(10)31-21-14)24-13(25)7-12(17(18,19)20)23(3)16(24)27/h4-8H,1-3H3,(H,22,26). The lowest BCUT2D eigenvalue weighted by Gasteiger charge is -2.14. The van der Waals surface area contributed by atoms with E-state index in [0.29, 0.717) is 19.9 Å². The summed E-state index contributed by atoms with van der Waals surface area (Å²) in [6.45, 7) is 2.70. The molecule has 3 rings (SSSR count). The van der Waals surface area contributed by atoms with Crippen LogP contribution in [0.4, 0.5) is 18.0 Å². The number of alkyl halides is 3. The van der Waals surface area contributed by atoms with Crippen LogP contribution in [0.5, 0.6) is 5.88 Å². The number of nitrogens with zero attached hydrogens (tertiary/aromatic N) is 3. The van der Waals surface area contributed by atoms with Crippen molar-refractivity contribution in [3.8, 4) is 11.6 Å². The van der Waals surface area contributed by atoms with Crippen molar-refractivity contribution in [3.63, 3.8) is 0 Å². The van der Waals surface area contributed by atoms with Crippen LogP contribution in [0.2, 0.25) is 0 Å². The predicted molar refractivity (Wildman–Crippen MR) is 109 cm³/mol. The van der Waals surface area contributed by atoms with Gasteiger partial charge in [-0.1, -0.05) is 0 Å². The normalized spacial score (nSPS) is 12.3. The van der Waals surface area contributed by atoms with Crippen LogP contribution in [0.25, 0.3) is 15.8 Å². The van der Waals surface area contributed by atoms with E-state index in [0.717, 1.165) is 18.6 Å². The van der Waals surface area contributed by atoms with Crippen LogP contribution in [0.3, 0.4) is 0 Å². The average molecular weight is 492 g/mol. The highest BCUT2D eigenvalue weighted by atomic mass is 32.2. The molecule has 0 fully saturated rings. The summed E-state index contributed by atoms with van der Waals surface area (Å²) in [5.74, 6) is -0.305. The van der Waals surface area contributed by atoms with Crippen molar-refractivity contribution in [3.05, 3.63) is 50.8 Å². The second-order valence-electron chi connectivity index (χ2n) is 6.80. The summed E-state index contributed by atoms with van der Waals surface area (Å²) in [4.78, 5) is 36.7. The molecule has 0 aliphatic heterocycles. The monoisotopic (exact) mass is 492 g/mol. The van der Waals surface area contributed by atoms with Crippen molar-refractivity contribution in [2.75, 3.05) is 0 Å². The van der Waals surface area contributed by atoms with Crippen LogP contribution in [-0.2, 0) is 23.2 Å². The van der Waals surface area contributed by atoms with Gasteiger partial charge in [0, 0.05) is 13.1 Å². The smallest absolute Gasteiger partial charge is 0.389 e. The first-order valence-corrected chi connectivity index (χ1v) is 11.1. The maximum absolute atomic E-state index is 13.0. The Morgan fingerprint density at radius 2 is 1.88 bits per heavy atom. The summed E-state index contributed by atoms with van der Waals surface area (Å²) >= 11 is 0.878. The van der Waals surface area contributed by atoms with Crippen molar-refractivity contribution < 1.29 is 31.1 Å². The minimum absolute atomic E-state index is 0.0999. The van der Waals surface area contributed by atoms with Gasteiger partial charge in [0.25, 0.3) is 5.56 Å². The van der Waals surface area contributed by atoms with Crippen LogP contribution < -0.4 is 20.7 Å². The molecule has 3 aromatic rings. The minimum atomic E-state index is -4.90. The number of carbonyl (C=O) groups is 1. The van der Waals surface area contributed by atoms with Gasteiger partial charge in [-0.15, -0.1) is 0 Å². The van der Waals surface area contributed by atoms with Gasteiger partial charge in [0.05, 0.1) is 21.0 Å². The van der Waals surface area contributed by atoms with E-state index in [1.165, 1.54) is 32.0 Å². The molecule has 0 unspecified atom stereocenters. The van der Waals surface area contributed by atoms with Crippen LogP contribution in [-0.4, -0.2) is 33.3 Å². The lowest BCUT2D eigenvalue weighted by Crippen LogP contribution is -2.40. The molecular formula is C17H15F3N4O6S2. The Kier molecular flexibility index (Phi) is 5.90. The lowest BCUT2D eigenvalue weighted by molar-refractivity contribution is -0.144. The minimum Gasteiger partial charge on any atom is -0.389 e. The molecule has 2 aromatic heterocycles. The first-order valence-electron chi connectivity index (χ1n) is 8.76. The second kappa shape index (κ2) is 8.05. The maximum atomic E-state index is 13.0. The van der Waals surface area contributed by atoms with Gasteiger partial charge in [-0.25, -0.2) is 27.3 Å². The fraction of sp³-hybridized carbons (Fsp3) is 0.294. The van der Waals surface area contributed by atoms with E-state index in [1.54, 1.807) is 4.72 Å². The molecule has 0 aliphatic carbocycles. The van der Waals surface area contributed by atoms with Gasteiger partial charge in [-0.3, -0.25) is 9.36 Å². The zero-order valence-electron chi connectivity index (χ0n) is 16.6. The number of ether oxygens (including phenoxy) is 1. The van der Waals surface area contributed by atoms with Crippen LogP contribution in [0.1, 0.15) is 19.5 Å². The van der Waals surface area contributed by atoms with Gasteiger partial charge in [0.2, 0.25) is 15.9 Å². The van der Waals surface area contributed by atoms with Crippen molar-refractivity contribution in [1.29, 1.82) is 0 Å². The third-order valence-electron chi connectivity index (χ3n) is 4.32. The molecule has 2 heterocycles. The largest absolute Gasteiger partial charge is 0.431 e. The molecule has 32 heavy (non-hydrogen) atoms. The summed E-state index contributed by atoms with van der Waals surface area (Å²) in [6.07, 6.45) is -6.23. The number of rotatable bonds is 4. The first-order chi connectivity index (χ1) is 14.7. The van der Waals surface area contributed by atoms with Crippen LogP contribution >= 0.6 is 11.5 Å². The Bertz CT molecular complexity index is 1440. The Balaban J connectivity index is 2.05. The molecule has 0 bridgehead atoms. The molecule has 172 valence electrons. The fourth-order valence-electron chi connectivity index (χ4n) is 2.60. The molecule has 10 nitrogen and oxygen atoms in total. The number of hydrogen-bond acceptors (Lipinski definition) is 8. The van der Waals surface area contributed by atoms with Crippen molar-refractivity contribution in [2.24, 2.45) is 7.05 Å². The molecule has 1 N–H and O–H groups in total. The third-order valence-corrected chi connectivity index (χ3v) is 6.83. The molecule has 0 spiro atoms. The Morgan fingerprint density at radius 1 is 1.22 bits per heavy atom. The summed E-state index contributed by atoms with van der Waals surface area (Å²) in [7, 11) is -3.09. The van der Waals surface area contributed by atoms with Gasteiger partial charge < -0.3 is 4.74 Å². The van der Waals surface area contributed by atoms with Gasteiger partial charge in [-0.05, 0) is 43.6 Å². The Labute approximate surface area is 182 Å². The number of aromatic nitrogens is 3. The first kappa shape index (κ1) is 23.5. The number of hydrogen-bond donors (Lipinski definition) is 1. The fourth-order valence-corrected chi connectivity index (χ4v) is 3.80. The number of amides is 1. The van der Waals surface area contributed by atoms with Gasteiger partial charge in [0.1, 0.15) is 5.69 Å². The highest BCUT2D eigenvalue weighted by Crippen LogP contribution is 2.31. The topological polar surface area (TPSA) is 129 Å². The molecule has 0 radical (unpaired) electrons. The zero-order chi connectivity index (χ0) is 24.0. The predicted octanol–water partition coefficient (Wildman–Crippen LogP) is 1.99. The van der Waals surface area contributed by atoms with E-state index >= 15 is 0 Å². The number of carbonyl (C=O) groups excluding carboxylic acids is 1. The van der Waals surface area contributed by atoms with E-state index in [4.69, 9.17) is 4.74 Å². The molecule has 15 heteroatoms. The SMILES string of the molecule is CC(C)S(=O)(=O)NC(=O)Oc1nsc2ccc(-n3c(=O)cc(C(F)(F)F)n(C)c3=O)cc12. The van der Waals surface area contributed by atoms with Crippen molar-refractivity contribution in [1.82, 2.24) is 18.2 Å². The van der Waals surface area contributed by atoms with Gasteiger partial charge in [-0.2, -0.15) is 17.5 Å². The van der Waals surface area contributed by atoms with Gasteiger partial charge in [0.15, 0.2) is 0 Å². The van der Waals surface area contributed by atoms with Crippen molar-refractivity contribution >= 4 is 37.7 Å². The summed E-state index contributed by atoms with van der Waals surface area (Å²) in [5, 5.41) is -0.768. The number of nitrogens with one attached hydrogen (secondary N) is 1. The second-order valence-corrected chi connectivity index (χ2v) is 9.84.